The first-order valence-corrected chi connectivity index (χ1v) is 54.6. The van der Waals surface area contributed by atoms with Gasteiger partial charge in [-0.25, -0.2) is 48.7 Å². The summed E-state index contributed by atoms with van der Waals surface area (Å²) in [6, 6.07) is 31.8. The number of piperidine rings is 6. The molecule has 20 heterocycles. The first-order valence-electron chi connectivity index (χ1n) is 54.6. The molecule has 3 spiro atoms. The van der Waals surface area contributed by atoms with Crippen LogP contribution in [-0.4, -0.2) is 270 Å². The van der Waals surface area contributed by atoms with Gasteiger partial charge in [-0.3, -0.25) is 34.0 Å². The van der Waals surface area contributed by atoms with Crippen LogP contribution in [-0.2, 0) is 51.5 Å². The van der Waals surface area contributed by atoms with E-state index in [1.165, 1.54) is 76.1 Å². The zero-order chi connectivity index (χ0) is 103. The van der Waals surface area contributed by atoms with Gasteiger partial charge in [0.15, 0.2) is 29.1 Å². The van der Waals surface area contributed by atoms with E-state index in [-0.39, 0.29) is 83.5 Å². The van der Waals surface area contributed by atoms with E-state index in [1.807, 2.05) is 70.6 Å². The zero-order valence-corrected chi connectivity index (χ0v) is 86.5. The number of rotatable bonds is 21. The number of hydrogen-bond donors (Lipinski definition) is 4. The summed E-state index contributed by atoms with van der Waals surface area (Å²) in [6.45, 7) is 28.2. The quantitative estimate of drug-likeness (QED) is 0.0384. The normalized spacial score (nSPS) is 23.5. The number of imidazole rings is 3. The number of nitrogens with zero attached hydrogens (tertiary/aromatic N) is 21. The molecule has 36 heteroatoms. The summed E-state index contributed by atoms with van der Waals surface area (Å²) in [7, 11) is 0. The molecule has 9 aromatic heterocycles. The monoisotopic (exact) mass is 2050 g/mol. The fraction of sp³-hybridized carbons (Fsp3) is 0.518. The molecule has 26 rings (SSSR count). The molecule has 0 radical (unpaired) electrons. The highest BCUT2D eigenvalue weighted by Gasteiger charge is 2.60. The molecular weight excluding hydrogens is 1910 g/mol. The lowest BCUT2D eigenvalue weighted by molar-refractivity contribution is -0.134. The SMILES string of the molecule is CC(=O)N1CCC2(CC1)C(=O)N(C1CC(N3CCCCC3)C1)c1cc(-c3cc4ncn(C(C)C)c4c(Nc4cc(CO)ncc4F)n3)ccc12.CC(C)n1cnc2cc(-c3ccc4c(c3)N(C3CC(N5CCCCC5)C3)C(=O)C43CCN(C4COC4)CC3)nc(Nc3cc(F)ncc3F)c21.CC(C)n1cnc2cc(-c3ccc4c(c3)N(C3CC(N5CCCCC5)C3)C(=O)C43CCN(C4COC4)CC3)nc(Nc3ccnc(F)c3F)c21. The van der Waals surface area contributed by atoms with Crippen molar-refractivity contribution in [2.75, 3.05) is 136 Å². The van der Waals surface area contributed by atoms with Crippen LogP contribution in [0.25, 0.3) is 66.9 Å². The second-order valence-corrected chi connectivity index (χ2v) is 45.1. The molecule has 150 heavy (non-hydrogen) atoms. The summed E-state index contributed by atoms with van der Waals surface area (Å²) in [5.74, 6) is -2.42. The van der Waals surface area contributed by atoms with Crippen molar-refractivity contribution in [3.8, 4) is 33.8 Å². The Bertz CT molecular complexity index is 6940. The Balaban J connectivity index is 0.000000120. The van der Waals surface area contributed by atoms with Crippen molar-refractivity contribution in [2.24, 2.45) is 0 Å². The molecular formula is C114H133F5N24O7. The summed E-state index contributed by atoms with van der Waals surface area (Å²) in [5.41, 5.74) is 13.5. The van der Waals surface area contributed by atoms with Crippen LogP contribution in [0.5, 0.6) is 0 Å². The van der Waals surface area contributed by atoms with E-state index in [2.05, 4.69) is 132 Å². The minimum Gasteiger partial charge on any atom is -0.390 e. The van der Waals surface area contributed by atoms with Gasteiger partial charge in [0, 0.05) is 120 Å². The number of amides is 4. The first kappa shape index (κ1) is 99.5. The highest BCUT2D eigenvalue weighted by molar-refractivity contribution is 6.12. The molecule has 0 atom stereocenters. The van der Waals surface area contributed by atoms with E-state index in [0.717, 1.165) is 231 Å². The van der Waals surface area contributed by atoms with Gasteiger partial charge in [0.1, 0.15) is 16.6 Å². The first-order chi connectivity index (χ1) is 72.8. The molecule has 3 aromatic carbocycles. The Morgan fingerprint density at radius 3 is 1.07 bits per heavy atom. The lowest BCUT2D eigenvalue weighted by Crippen LogP contribution is -2.59. The van der Waals surface area contributed by atoms with Crippen LogP contribution in [0.4, 0.5) is 73.5 Å². The smallest absolute Gasteiger partial charge is 0.251 e. The molecule has 786 valence electrons. The number of carbonyl (C=O) groups is 4. The van der Waals surface area contributed by atoms with Gasteiger partial charge in [-0.15, -0.1) is 0 Å². The number of benzene rings is 3. The van der Waals surface area contributed by atoms with Gasteiger partial charge in [-0.1, -0.05) is 55.7 Å². The number of anilines is 9. The van der Waals surface area contributed by atoms with Crippen LogP contribution in [0.1, 0.15) is 224 Å². The van der Waals surface area contributed by atoms with Gasteiger partial charge in [-0.2, -0.15) is 13.2 Å². The summed E-state index contributed by atoms with van der Waals surface area (Å²) in [4.78, 5) is 118. The third kappa shape index (κ3) is 17.8. The molecule has 3 aliphatic carbocycles. The van der Waals surface area contributed by atoms with Gasteiger partial charge >= 0.3 is 0 Å². The van der Waals surface area contributed by atoms with Crippen molar-refractivity contribution in [3.63, 3.8) is 0 Å². The molecule has 14 aliphatic rings. The Labute approximate surface area is 869 Å². The topological polar surface area (TPSA) is 303 Å². The predicted octanol–water partition coefficient (Wildman–Crippen LogP) is 18.1. The molecule has 0 bridgehead atoms. The van der Waals surface area contributed by atoms with Gasteiger partial charge in [0.25, 0.3) is 5.95 Å². The number of aliphatic hydroxyl groups is 1. The van der Waals surface area contributed by atoms with E-state index in [9.17, 15) is 41.8 Å². The summed E-state index contributed by atoms with van der Waals surface area (Å²) in [6.07, 6.45) is 30.2. The van der Waals surface area contributed by atoms with Crippen molar-refractivity contribution in [1.82, 2.24) is 88.0 Å². The number of halogens is 5. The minimum atomic E-state index is -1.18. The molecule has 12 aromatic rings. The highest BCUT2D eigenvalue weighted by Crippen LogP contribution is 2.58. The average Bonchev–Trinajstić information content (AvgIpc) is 1.56. The number of hydrogen-bond acceptors (Lipinski definition) is 24. The van der Waals surface area contributed by atoms with Crippen LogP contribution >= 0.6 is 0 Å². The predicted molar refractivity (Wildman–Crippen MR) is 565 cm³/mol. The average molecular weight is 2050 g/mol. The van der Waals surface area contributed by atoms with Crippen molar-refractivity contribution < 1.29 is 55.7 Å². The third-order valence-corrected chi connectivity index (χ3v) is 35.6. The highest BCUT2D eigenvalue weighted by atomic mass is 19.2. The number of pyridine rings is 6. The molecule has 8 saturated heterocycles. The molecule has 31 nitrogen and oxygen atoms in total. The number of ether oxygens (including phenoxy) is 2. The number of fused-ring (bicyclic) bond motifs is 9. The van der Waals surface area contributed by atoms with Crippen molar-refractivity contribution in [3.05, 3.63) is 180 Å². The fourth-order valence-corrected chi connectivity index (χ4v) is 26.6. The van der Waals surface area contributed by atoms with Crippen LogP contribution < -0.4 is 30.7 Å². The standard InChI is InChI=1S/2C38H44F2N8O2.C38H45FN8O3/c1-23(2)47-22-42-31-19-30(44-36(34(31)47)43-29-8-11-41-35(40)33(29)39)24-6-7-28-32(16-24)48(26-17-25(18-26)45-12-4-3-5-13-45)37(49)38(28)9-14-46(15-10-38)27-20-50-21-27;1-23(2)47-22-42-32-17-30(43-36(35(32)47)44-31-18-34(40)41-19-29(31)39)24-6-7-28-33(14-24)48(26-15-25(16-26)45-10-4-3-5-11-45)37(49)38(28)8-12-46(13-9-38)27-20-50-21-27;1-23(2)46-22-41-33-19-31(42-36(35(33)46)43-32-16-26(21-48)40-20-30(32)39)25-7-8-29-34(15-25)47(28-17-27(18-28)45-11-5-4-6-12-45)37(50)38(29)9-13-44(14-10-38)24(3)49/h6-8,11,16,19,22-23,25-27H,3-5,9-10,12-15,17-18,20-21H2,1-2H3,(H,41,43,44);6-7,14,17-19,22-23,25-27H,3-5,8-13,15-16,20-21H2,1-2H3,(H,41,43,44);7-8,15-16,19-20,22-23,27-28,48H,4-6,9-14,17-18,21H2,1-3H3,(H,40,42,43). The number of nitrogens with one attached hydrogen (secondary N) is 3. The van der Waals surface area contributed by atoms with E-state index >= 15 is 4.39 Å². The van der Waals surface area contributed by atoms with Crippen LogP contribution in [0.15, 0.2) is 129 Å². The summed E-state index contributed by atoms with van der Waals surface area (Å²) < 4.78 is 89.8. The molecule has 0 unspecified atom stereocenters. The van der Waals surface area contributed by atoms with Crippen molar-refractivity contribution in [1.29, 1.82) is 0 Å². The van der Waals surface area contributed by atoms with E-state index in [0.29, 0.717) is 124 Å². The lowest BCUT2D eigenvalue weighted by atomic mass is 9.73. The van der Waals surface area contributed by atoms with Crippen molar-refractivity contribution >= 4 is 108 Å². The Morgan fingerprint density at radius 2 is 0.733 bits per heavy atom. The number of likely N-dealkylation sites (tertiary alicyclic amines) is 6. The second-order valence-electron chi connectivity index (χ2n) is 45.1. The number of carbonyl (C=O) groups excluding carboxylic acids is 4. The van der Waals surface area contributed by atoms with Crippen LogP contribution in [0.3, 0.4) is 0 Å². The van der Waals surface area contributed by atoms with E-state index in [4.69, 9.17) is 39.4 Å². The second kappa shape index (κ2) is 40.3. The van der Waals surface area contributed by atoms with Gasteiger partial charge in [-0.05, 0) is 288 Å². The van der Waals surface area contributed by atoms with Gasteiger partial charge < -0.3 is 78.5 Å². The largest absolute Gasteiger partial charge is 0.390 e. The molecule has 11 aliphatic heterocycles. The molecule has 4 N–H and O–H groups in total. The van der Waals surface area contributed by atoms with Crippen LogP contribution in [0.2, 0.25) is 0 Å². The zero-order valence-electron chi connectivity index (χ0n) is 86.5. The Morgan fingerprint density at radius 1 is 0.393 bits per heavy atom. The summed E-state index contributed by atoms with van der Waals surface area (Å²) in [5, 5.41) is 18.9. The third-order valence-electron chi connectivity index (χ3n) is 35.6. The maximum absolute atomic E-state index is 15.0. The van der Waals surface area contributed by atoms with E-state index < -0.39 is 45.6 Å². The molecule has 3 saturated carbocycles. The molecule has 4 amide bonds. The van der Waals surface area contributed by atoms with E-state index in [1.54, 1.807) is 25.9 Å². The molecule has 11 fully saturated rings. The lowest BCUT2D eigenvalue weighted by Gasteiger charge is -2.48. The van der Waals surface area contributed by atoms with Crippen LogP contribution in [0, 0.1) is 29.3 Å². The van der Waals surface area contributed by atoms with Gasteiger partial charge in [0.05, 0.1) is 149 Å². The minimum absolute atomic E-state index is 0.0473. The fourth-order valence-electron chi connectivity index (χ4n) is 26.6. The maximum atomic E-state index is 15.0. The number of aliphatic hydroxyl groups excluding tert-OH is 1. The summed E-state index contributed by atoms with van der Waals surface area (Å²) >= 11 is 0. The number of aromatic nitrogens is 12. The van der Waals surface area contributed by atoms with Crippen molar-refractivity contribution in [2.45, 2.75) is 273 Å². The Kier molecular flexibility index (Phi) is 26.7. The Hall–Kier alpha value is -12.4. The maximum Gasteiger partial charge on any atom is 0.251 e. The van der Waals surface area contributed by atoms with Gasteiger partial charge in [0.2, 0.25) is 35.4 Å².